The highest BCUT2D eigenvalue weighted by atomic mass is 16.3. The van der Waals surface area contributed by atoms with Crippen molar-refractivity contribution in [2.24, 2.45) is 4.99 Å². The molecule has 0 fully saturated rings. The van der Waals surface area contributed by atoms with Crippen LogP contribution in [0.15, 0.2) is 45.8 Å². The minimum Gasteiger partial charge on any atom is -0.461 e. The number of para-hydroxylation sites is 1. The molecule has 0 aliphatic heterocycles. The SMILES string of the molecule is Cc1ccc(-c2ccccc2N=C=O)o1. The van der Waals surface area contributed by atoms with Crippen LogP contribution in [0.1, 0.15) is 5.76 Å². The Kier molecular flexibility index (Phi) is 2.48. The van der Waals surface area contributed by atoms with Crippen LogP contribution in [0.2, 0.25) is 0 Å². The molecule has 1 aromatic heterocycles. The Labute approximate surface area is 87.1 Å². The lowest BCUT2D eigenvalue weighted by Gasteiger charge is -1.99. The van der Waals surface area contributed by atoms with Gasteiger partial charge in [-0.1, -0.05) is 12.1 Å². The zero-order valence-corrected chi connectivity index (χ0v) is 8.23. The van der Waals surface area contributed by atoms with Gasteiger partial charge in [-0.15, -0.1) is 0 Å². The number of hydrogen-bond donors (Lipinski definition) is 0. The van der Waals surface area contributed by atoms with E-state index in [1.54, 1.807) is 6.07 Å². The van der Waals surface area contributed by atoms with E-state index < -0.39 is 0 Å². The molecule has 0 N–H and O–H groups in total. The van der Waals surface area contributed by atoms with Crippen molar-refractivity contribution < 1.29 is 9.21 Å². The molecule has 0 amide bonds. The van der Waals surface area contributed by atoms with Gasteiger partial charge in [-0.05, 0) is 31.2 Å². The number of benzene rings is 1. The molecule has 0 unspecified atom stereocenters. The van der Waals surface area contributed by atoms with E-state index in [1.807, 2.05) is 37.3 Å². The summed E-state index contributed by atoms with van der Waals surface area (Å²) in [4.78, 5) is 13.9. The summed E-state index contributed by atoms with van der Waals surface area (Å²) in [5.74, 6) is 1.54. The molecule has 0 saturated carbocycles. The highest BCUT2D eigenvalue weighted by Crippen LogP contribution is 2.30. The summed E-state index contributed by atoms with van der Waals surface area (Å²) in [6.45, 7) is 1.87. The average Bonchev–Trinajstić information content (AvgIpc) is 2.66. The van der Waals surface area contributed by atoms with Gasteiger partial charge in [0.2, 0.25) is 6.08 Å². The van der Waals surface area contributed by atoms with E-state index in [1.165, 1.54) is 6.08 Å². The first kappa shape index (κ1) is 9.44. The van der Waals surface area contributed by atoms with Gasteiger partial charge in [-0.25, -0.2) is 4.79 Å². The van der Waals surface area contributed by atoms with Crippen LogP contribution in [-0.2, 0) is 4.79 Å². The molecule has 0 aliphatic rings. The molecule has 3 heteroatoms. The number of rotatable bonds is 2. The molecular weight excluding hydrogens is 190 g/mol. The third kappa shape index (κ3) is 1.87. The predicted octanol–water partition coefficient (Wildman–Crippen LogP) is 3.22. The van der Waals surface area contributed by atoms with E-state index in [0.717, 1.165) is 11.3 Å². The van der Waals surface area contributed by atoms with Gasteiger partial charge >= 0.3 is 0 Å². The van der Waals surface area contributed by atoms with Crippen molar-refractivity contribution in [3.63, 3.8) is 0 Å². The molecule has 0 spiro atoms. The van der Waals surface area contributed by atoms with Gasteiger partial charge in [0, 0.05) is 5.56 Å². The zero-order chi connectivity index (χ0) is 10.7. The van der Waals surface area contributed by atoms with E-state index >= 15 is 0 Å². The molecule has 0 saturated heterocycles. The number of nitrogens with zero attached hydrogens (tertiary/aromatic N) is 1. The van der Waals surface area contributed by atoms with Crippen LogP contribution < -0.4 is 0 Å². The highest BCUT2D eigenvalue weighted by Gasteiger charge is 2.06. The van der Waals surface area contributed by atoms with Crippen LogP contribution in [0.5, 0.6) is 0 Å². The monoisotopic (exact) mass is 199 g/mol. The quantitative estimate of drug-likeness (QED) is 0.550. The molecule has 0 atom stereocenters. The number of furan rings is 1. The normalized spacial score (nSPS) is 9.67. The largest absolute Gasteiger partial charge is 0.461 e. The highest BCUT2D eigenvalue weighted by molar-refractivity contribution is 5.73. The van der Waals surface area contributed by atoms with Gasteiger partial charge in [-0.2, -0.15) is 4.99 Å². The van der Waals surface area contributed by atoms with E-state index in [-0.39, 0.29) is 0 Å². The lowest BCUT2D eigenvalue weighted by atomic mass is 10.1. The van der Waals surface area contributed by atoms with Gasteiger partial charge in [0.1, 0.15) is 11.5 Å². The topological polar surface area (TPSA) is 42.6 Å². The summed E-state index contributed by atoms with van der Waals surface area (Å²) in [6, 6.07) is 11.0. The first-order chi connectivity index (χ1) is 7.31. The van der Waals surface area contributed by atoms with Gasteiger partial charge in [0.25, 0.3) is 0 Å². The lowest BCUT2D eigenvalue weighted by molar-refractivity contribution is 0.548. The summed E-state index contributed by atoms with van der Waals surface area (Å²) in [5.41, 5.74) is 1.37. The third-order valence-electron chi connectivity index (χ3n) is 2.08. The van der Waals surface area contributed by atoms with Crippen LogP contribution in [0.3, 0.4) is 0 Å². The fraction of sp³-hybridized carbons (Fsp3) is 0.0833. The molecule has 1 heterocycles. The van der Waals surface area contributed by atoms with Crippen LogP contribution in [0.25, 0.3) is 11.3 Å². The van der Waals surface area contributed by atoms with Crippen LogP contribution in [0.4, 0.5) is 5.69 Å². The maximum atomic E-state index is 10.2. The summed E-state index contributed by atoms with van der Waals surface area (Å²) in [6.07, 6.45) is 1.53. The van der Waals surface area contributed by atoms with Gasteiger partial charge in [-0.3, -0.25) is 0 Å². The molecule has 0 bridgehead atoms. The zero-order valence-electron chi connectivity index (χ0n) is 8.23. The van der Waals surface area contributed by atoms with Crippen molar-refractivity contribution in [2.45, 2.75) is 6.92 Å². The minimum atomic E-state index is 0.571. The molecular formula is C12H9NO2. The first-order valence-electron chi connectivity index (χ1n) is 4.55. The van der Waals surface area contributed by atoms with Crippen molar-refractivity contribution in [1.82, 2.24) is 0 Å². The molecule has 2 rings (SSSR count). The summed E-state index contributed by atoms with van der Waals surface area (Å²) in [7, 11) is 0. The first-order valence-corrected chi connectivity index (χ1v) is 4.55. The smallest absolute Gasteiger partial charge is 0.240 e. The van der Waals surface area contributed by atoms with Gasteiger partial charge < -0.3 is 4.42 Å². The van der Waals surface area contributed by atoms with Crippen molar-refractivity contribution in [1.29, 1.82) is 0 Å². The molecule has 74 valence electrons. The molecule has 3 nitrogen and oxygen atoms in total. The van der Waals surface area contributed by atoms with Gasteiger partial charge in [0.05, 0.1) is 5.69 Å². The van der Waals surface area contributed by atoms with Crippen LogP contribution in [-0.4, -0.2) is 6.08 Å². The Morgan fingerprint density at radius 1 is 1.20 bits per heavy atom. The molecule has 1 aromatic carbocycles. The van der Waals surface area contributed by atoms with Crippen molar-refractivity contribution in [3.05, 3.63) is 42.2 Å². The Morgan fingerprint density at radius 3 is 2.67 bits per heavy atom. The second kappa shape index (κ2) is 3.95. The standard InChI is InChI=1S/C12H9NO2/c1-9-6-7-12(15-9)10-4-2-3-5-11(10)13-8-14/h2-7H,1H3. The fourth-order valence-electron chi connectivity index (χ4n) is 1.41. The van der Waals surface area contributed by atoms with E-state index in [2.05, 4.69) is 4.99 Å². The molecule has 2 aromatic rings. The Hall–Kier alpha value is -2.12. The number of aliphatic imine (C=N–C) groups is 1. The number of carbonyl (C=O) groups excluding carboxylic acids is 1. The summed E-state index contributed by atoms with van der Waals surface area (Å²) >= 11 is 0. The second-order valence-electron chi connectivity index (χ2n) is 3.13. The third-order valence-corrected chi connectivity index (χ3v) is 2.08. The average molecular weight is 199 g/mol. The predicted molar refractivity (Wildman–Crippen MR) is 56.7 cm³/mol. The van der Waals surface area contributed by atoms with Crippen molar-refractivity contribution in [3.8, 4) is 11.3 Å². The fourth-order valence-corrected chi connectivity index (χ4v) is 1.41. The Bertz CT molecular complexity index is 522. The second-order valence-corrected chi connectivity index (χ2v) is 3.13. The van der Waals surface area contributed by atoms with E-state index in [0.29, 0.717) is 11.4 Å². The minimum absolute atomic E-state index is 0.571. The molecule has 0 radical (unpaired) electrons. The Balaban J connectivity index is 2.56. The number of isocyanates is 1. The van der Waals surface area contributed by atoms with E-state index in [9.17, 15) is 4.79 Å². The molecule has 15 heavy (non-hydrogen) atoms. The van der Waals surface area contributed by atoms with Crippen LogP contribution >= 0.6 is 0 Å². The summed E-state index contributed by atoms with van der Waals surface area (Å²) in [5, 5.41) is 0. The van der Waals surface area contributed by atoms with Crippen LogP contribution in [0, 0.1) is 6.92 Å². The maximum absolute atomic E-state index is 10.2. The number of hydrogen-bond acceptors (Lipinski definition) is 3. The van der Waals surface area contributed by atoms with E-state index in [4.69, 9.17) is 4.42 Å². The summed E-state index contributed by atoms with van der Waals surface area (Å²) < 4.78 is 5.47. The van der Waals surface area contributed by atoms with Crippen molar-refractivity contribution >= 4 is 11.8 Å². The Morgan fingerprint density at radius 2 is 2.00 bits per heavy atom. The lowest BCUT2D eigenvalue weighted by Crippen LogP contribution is -1.74. The van der Waals surface area contributed by atoms with Gasteiger partial charge in [0.15, 0.2) is 0 Å². The maximum Gasteiger partial charge on any atom is 0.240 e. The number of aryl methyl sites for hydroxylation is 1. The van der Waals surface area contributed by atoms with Crippen molar-refractivity contribution in [2.75, 3.05) is 0 Å². The molecule has 0 aliphatic carbocycles.